The van der Waals surface area contributed by atoms with Gasteiger partial charge in [-0.1, -0.05) is 42.5 Å². The van der Waals surface area contributed by atoms with Gasteiger partial charge in [-0.3, -0.25) is 0 Å². The highest BCUT2D eigenvalue weighted by molar-refractivity contribution is 7.13. The summed E-state index contributed by atoms with van der Waals surface area (Å²) in [4.78, 5) is 5.08. The fourth-order valence-electron chi connectivity index (χ4n) is 4.37. The van der Waals surface area contributed by atoms with Gasteiger partial charge in [0.2, 0.25) is 0 Å². The molecule has 0 saturated heterocycles. The highest BCUT2D eigenvalue weighted by Gasteiger charge is 2.25. The molecule has 0 radical (unpaired) electrons. The van der Waals surface area contributed by atoms with Gasteiger partial charge >= 0.3 is 0 Å². The molecule has 0 saturated carbocycles. The van der Waals surface area contributed by atoms with E-state index in [2.05, 4.69) is 83.3 Å². The minimum Gasteiger partial charge on any atom is -0.357 e. The van der Waals surface area contributed by atoms with Crippen LogP contribution in [0.25, 0.3) is 21.3 Å². The second-order valence-corrected chi connectivity index (χ2v) is 8.45. The summed E-state index contributed by atoms with van der Waals surface area (Å²) < 4.78 is 0. The molecule has 3 heteroatoms. The normalized spacial score (nSPS) is 17.7. The highest BCUT2D eigenvalue weighted by Crippen LogP contribution is 2.38. The fourth-order valence-corrected chi connectivity index (χ4v) is 5.09. The maximum Gasteiger partial charge on any atom is 0.0480 e. The van der Waals surface area contributed by atoms with Gasteiger partial charge in [0.25, 0.3) is 0 Å². The predicted octanol–water partition coefficient (Wildman–Crippen LogP) is 6.62. The first-order valence-electron chi connectivity index (χ1n) is 9.79. The van der Waals surface area contributed by atoms with E-state index < -0.39 is 0 Å². The fraction of sp³-hybridized carbons (Fsp3) is 0.250. The Hall–Kier alpha value is -2.36. The van der Waals surface area contributed by atoms with Crippen molar-refractivity contribution in [1.29, 1.82) is 0 Å². The van der Waals surface area contributed by atoms with Crippen LogP contribution in [0.4, 0.5) is 0 Å². The van der Waals surface area contributed by atoms with Crippen LogP contribution in [0, 0.1) is 0 Å². The molecular weight excluding hydrogens is 348 g/mol. The molecule has 5 rings (SSSR count). The molecule has 2 aromatic heterocycles. The van der Waals surface area contributed by atoms with Crippen LogP contribution in [-0.2, 0) is 6.42 Å². The molecule has 2 N–H and O–H groups in total. The summed E-state index contributed by atoms with van der Waals surface area (Å²) >= 11 is 1.81. The zero-order chi connectivity index (χ0) is 18.2. The molecule has 1 aliphatic rings. The molecule has 2 atom stereocenters. The quantitative estimate of drug-likeness (QED) is 0.414. The third kappa shape index (κ3) is 3.11. The smallest absolute Gasteiger partial charge is 0.0480 e. The van der Waals surface area contributed by atoms with Crippen molar-refractivity contribution in [3.63, 3.8) is 0 Å². The maximum absolute atomic E-state index is 3.87. The zero-order valence-electron chi connectivity index (χ0n) is 15.5. The van der Waals surface area contributed by atoms with Crippen molar-refractivity contribution in [2.75, 3.05) is 0 Å². The summed E-state index contributed by atoms with van der Waals surface area (Å²) in [6.07, 6.45) is 3.60. The third-order valence-electron chi connectivity index (χ3n) is 5.76. The van der Waals surface area contributed by atoms with Gasteiger partial charge in [-0.25, -0.2) is 0 Å². The summed E-state index contributed by atoms with van der Waals surface area (Å²) in [6.45, 7) is 2.27. The van der Waals surface area contributed by atoms with Crippen LogP contribution in [-0.4, -0.2) is 4.98 Å². The van der Waals surface area contributed by atoms with Gasteiger partial charge in [0.1, 0.15) is 0 Å². The Bertz CT molecular complexity index is 1050. The summed E-state index contributed by atoms with van der Waals surface area (Å²) in [5.74, 6) is 0. The van der Waals surface area contributed by atoms with E-state index >= 15 is 0 Å². The number of hydrogen-bond acceptors (Lipinski definition) is 2. The Labute approximate surface area is 164 Å². The molecule has 0 aliphatic heterocycles. The molecule has 0 fully saturated rings. The Morgan fingerprint density at radius 1 is 1.07 bits per heavy atom. The van der Waals surface area contributed by atoms with Gasteiger partial charge in [-0.15, -0.1) is 11.3 Å². The van der Waals surface area contributed by atoms with Gasteiger partial charge in [0, 0.05) is 33.6 Å². The van der Waals surface area contributed by atoms with Gasteiger partial charge in [-0.05, 0) is 66.5 Å². The number of hydrogen-bond donors (Lipinski definition) is 2. The highest BCUT2D eigenvalue weighted by atomic mass is 32.1. The van der Waals surface area contributed by atoms with E-state index in [9.17, 15) is 0 Å². The number of rotatable bonds is 4. The SMILES string of the molecule is C[C@H](NC1CCCc2c1[nH]c1ccc(-c3cccs3)cc21)c1ccccc1. The van der Waals surface area contributed by atoms with Gasteiger partial charge < -0.3 is 10.3 Å². The van der Waals surface area contributed by atoms with E-state index in [0.29, 0.717) is 12.1 Å². The second-order valence-electron chi connectivity index (χ2n) is 7.50. The number of aromatic nitrogens is 1. The van der Waals surface area contributed by atoms with Crippen molar-refractivity contribution < 1.29 is 0 Å². The minimum atomic E-state index is 0.343. The first-order valence-corrected chi connectivity index (χ1v) is 10.7. The molecule has 27 heavy (non-hydrogen) atoms. The van der Waals surface area contributed by atoms with Gasteiger partial charge in [-0.2, -0.15) is 0 Å². The van der Waals surface area contributed by atoms with E-state index in [4.69, 9.17) is 0 Å². The van der Waals surface area contributed by atoms with E-state index in [0.717, 1.165) is 0 Å². The van der Waals surface area contributed by atoms with Crippen LogP contribution in [0.2, 0.25) is 0 Å². The predicted molar refractivity (Wildman–Crippen MR) is 115 cm³/mol. The molecule has 0 bridgehead atoms. The molecule has 2 nitrogen and oxygen atoms in total. The average Bonchev–Trinajstić information content (AvgIpc) is 3.37. The van der Waals surface area contributed by atoms with Gasteiger partial charge in [0.15, 0.2) is 0 Å². The Kier molecular flexibility index (Phi) is 4.35. The maximum atomic E-state index is 3.87. The van der Waals surface area contributed by atoms with Crippen molar-refractivity contribution >= 4 is 22.2 Å². The van der Waals surface area contributed by atoms with E-state index in [1.807, 2.05) is 11.3 Å². The van der Waals surface area contributed by atoms with Crippen LogP contribution < -0.4 is 5.32 Å². The van der Waals surface area contributed by atoms with Crippen molar-refractivity contribution in [2.45, 2.75) is 38.3 Å². The van der Waals surface area contributed by atoms with E-state index in [1.165, 1.54) is 57.4 Å². The Morgan fingerprint density at radius 3 is 2.78 bits per heavy atom. The topological polar surface area (TPSA) is 27.8 Å². The molecule has 2 aromatic carbocycles. The number of H-pyrrole nitrogens is 1. The summed E-state index contributed by atoms with van der Waals surface area (Å²) in [7, 11) is 0. The molecule has 4 aromatic rings. The van der Waals surface area contributed by atoms with Crippen LogP contribution in [0.15, 0.2) is 66.0 Å². The minimum absolute atomic E-state index is 0.343. The molecule has 0 amide bonds. The van der Waals surface area contributed by atoms with Crippen LogP contribution >= 0.6 is 11.3 Å². The summed E-state index contributed by atoms with van der Waals surface area (Å²) in [6, 6.07) is 22.7. The first-order chi connectivity index (χ1) is 13.3. The number of thiophene rings is 1. The van der Waals surface area contributed by atoms with Crippen molar-refractivity contribution in [1.82, 2.24) is 10.3 Å². The Balaban J connectivity index is 1.49. The lowest BCUT2D eigenvalue weighted by Gasteiger charge is -2.27. The lowest BCUT2D eigenvalue weighted by molar-refractivity contribution is 0.410. The average molecular weight is 373 g/mol. The number of nitrogens with one attached hydrogen (secondary N) is 2. The molecule has 1 aliphatic carbocycles. The summed E-state index contributed by atoms with van der Waals surface area (Å²) in [5.41, 5.74) is 6.84. The van der Waals surface area contributed by atoms with Crippen LogP contribution in [0.1, 0.15) is 48.7 Å². The lowest BCUT2D eigenvalue weighted by atomic mass is 9.90. The van der Waals surface area contributed by atoms with Crippen molar-refractivity contribution in [3.05, 3.63) is 82.9 Å². The number of fused-ring (bicyclic) bond motifs is 3. The first kappa shape index (κ1) is 16.8. The standard InChI is InChI=1S/C24H24N2S/c1-16(17-7-3-2-4-8-17)25-22-10-5-9-19-20-15-18(23-11-6-14-27-23)12-13-21(20)26-24(19)22/h2-4,6-8,11-16,22,25-26H,5,9-10H2,1H3/t16-,22?/m0/s1. The van der Waals surface area contributed by atoms with Crippen molar-refractivity contribution in [3.8, 4) is 10.4 Å². The van der Waals surface area contributed by atoms with Crippen molar-refractivity contribution in [2.24, 2.45) is 0 Å². The third-order valence-corrected chi connectivity index (χ3v) is 6.68. The Morgan fingerprint density at radius 2 is 1.96 bits per heavy atom. The zero-order valence-corrected chi connectivity index (χ0v) is 16.4. The molecule has 0 spiro atoms. The molecule has 1 unspecified atom stereocenters. The van der Waals surface area contributed by atoms with Crippen LogP contribution in [0.3, 0.4) is 0 Å². The lowest BCUT2D eigenvalue weighted by Crippen LogP contribution is -2.27. The van der Waals surface area contributed by atoms with Gasteiger partial charge in [0.05, 0.1) is 0 Å². The molecule has 2 heterocycles. The largest absolute Gasteiger partial charge is 0.357 e. The number of aryl methyl sites for hydroxylation is 1. The second kappa shape index (κ2) is 6.99. The monoisotopic (exact) mass is 372 g/mol. The van der Waals surface area contributed by atoms with Crippen LogP contribution in [0.5, 0.6) is 0 Å². The number of benzene rings is 2. The number of aromatic amines is 1. The summed E-state index contributed by atoms with van der Waals surface area (Å²) in [5, 5.41) is 7.41. The molecular formula is C24H24N2S. The van der Waals surface area contributed by atoms with E-state index in [-0.39, 0.29) is 0 Å². The molecule has 136 valence electrons. The van der Waals surface area contributed by atoms with E-state index in [1.54, 1.807) is 0 Å².